The molecule has 1 rings (SSSR count). The SMILES string of the molecule is CC(C)CC(=O)N[C@H](OCc1ccccc1)C(Cl)(Cl)Cl. The normalized spacial score (nSPS) is 13.3. The minimum absolute atomic E-state index is 0.204. The maximum Gasteiger partial charge on any atom is 0.234 e. The van der Waals surface area contributed by atoms with E-state index in [0.29, 0.717) is 6.42 Å². The molecular weight excluding hydrogens is 321 g/mol. The molecule has 1 amide bonds. The molecule has 0 radical (unpaired) electrons. The summed E-state index contributed by atoms with van der Waals surface area (Å²) in [7, 11) is 0. The van der Waals surface area contributed by atoms with Gasteiger partial charge >= 0.3 is 0 Å². The average molecular weight is 339 g/mol. The van der Waals surface area contributed by atoms with Crippen molar-refractivity contribution < 1.29 is 9.53 Å². The van der Waals surface area contributed by atoms with E-state index in [1.165, 1.54) is 0 Å². The van der Waals surface area contributed by atoms with Crippen LogP contribution in [0.5, 0.6) is 0 Å². The molecule has 6 heteroatoms. The molecule has 1 aromatic rings. The van der Waals surface area contributed by atoms with Gasteiger partial charge in [0.2, 0.25) is 9.70 Å². The number of ether oxygens (including phenoxy) is 1. The monoisotopic (exact) mass is 337 g/mol. The van der Waals surface area contributed by atoms with Crippen LogP contribution in [0.1, 0.15) is 25.8 Å². The average Bonchev–Trinajstić information content (AvgIpc) is 2.33. The third kappa shape index (κ3) is 6.80. The predicted octanol–water partition coefficient (Wildman–Crippen LogP) is 4.06. The number of rotatable bonds is 6. The summed E-state index contributed by atoms with van der Waals surface area (Å²) in [6.45, 7) is 4.13. The first-order valence-electron chi connectivity index (χ1n) is 6.30. The molecule has 0 aliphatic rings. The van der Waals surface area contributed by atoms with Crippen molar-refractivity contribution in [2.75, 3.05) is 0 Å². The molecule has 0 spiro atoms. The number of carbonyl (C=O) groups is 1. The highest BCUT2D eigenvalue weighted by Gasteiger charge is 2.35. The number of hydrogen-bond acceptors (Lipinski definition) is 2. The van der Waals surface area contributed by atoms with E-state index in [2.05, 4.69) is 5.32 Å². The first kappa shape index (κ1) is 17.6. The van der Waals surface area contributed by atoms with Gasteiger partial charge in [0.05, 0.1) is 6.61 Å². The molecule has 0 bridgehead atoms. The Bertz CT molecular complexity index is 418. The topological polar surface area (TPSA) is 38.3 Å². The maximum atomic E-state index is 11.8. The molecule has 0 heterocycles. The second-order valence-electron chi connectivity index (χ2n) is 4.88. The van der Waals surface area contributed by atoms with Crippen LogP contribution in [-0.4, -0.2) is 15.9 Å². The van der Waals surface area contributed by atoms with Gasteiger partial charge in [0.1, 0.15) is 0 Å². The lowest BCUT2D eigenvalue weighted by Crippen LogP contribution is -2.45. The number of benzene rings is 1. The second-order valence-corrected chi connectivity index (χ2v) is 7.25. The Balaban J connectivity index is 2.59. The van der Waals surface area contributed by atoms with Gasteiger partial charge in [-0.3, -0.25) is 4.79 Å². The van der Waals surface area contributed by atoms with Crippen LogP contribution in [0.4, 0.5) is 0 Å². The lowest BCUT2D eigenvalue weighted by Gasteiger charge is -2.26. The van der Waals surface area contributed by atoms with Gasteiger partial charge in [-0.05, 0) is 11.5 Å². The zero-order valence-electron chi connectivity index (χ0n) is 11.4. The molecule has 1 N–H and O–H groups in total. The van der Waals surface area contributed by atoms with E-state index in [0.717, 1.165) is 5.56 Å². The first-order chi connectivity index (χ1) is 9.29. The highest BCUT2D eigenvalue weighted by Crippen LogP contribution is 2.31. The highest BCUT2D eigenvalue weighted by molar-refractivity contribution is 6.68. The molecule has 0 saturated heterocycles. The van der Waals surface area contributed by atoms with E-state index >= 15 is 0 Å². The van der Waals surface area contributed by atoms with Gasteiger partial charge in [-0.2, -0.15) is 0 Å². The summed E-state index contributed by atoms with van der Waals surface area (Å²) < 4.78 is 3.80. The molecule has 0 aliphatic carbocycles. The van der Waals surface area contributed by atoms with Crippen LogP contribution in [0, 0.1) is 5.92 Å². The molecule has 0 fully saturated rings. The van der Waals surface area contributed by atoms with Crippen molar-refractivity contribution in [1.29, 1.82) is 0 Å². The third-order valence-corrected chi connectivity index (χ3v) is 3.04. The van der Waals surface area contributed by atoms with Crippen molar-refractivity contribution in [2.24, 2.45) is 5.92 Å². The fourth-order valence-corrected chi connectivity index (χ4v) is 1.90. The van der Waals surface area contributed by atoms with Gasteiger partial charge < -0.3 is 10.1 Å². The second kappa shape index (κ2) is 8.08. The Hall–Kier alpha value is -0.480. The molecular formula is C14H18Cl3NO2. The number of halogens is 3. The summed E-state index contributed by atoms with van der Waals surface area (Å²) in [6.07, 6.45) is -0.634. The summed E-state index contributed by atoms with van der Waals surface area (Å²) >= 11 is 17.5. The van der Waals surface area contributed by atoms with Crippen LogP contribution >= 0.6 is 34.8 Å². The maximum absolute atomic E-state index is 11.8. The van der Waals surface area contributed by atoms with Crippen molar-refractivity contribution >= 4 is 40.7 Å². The molecule has 3 nitrogen and oxygen atoms in total. The van der Waals surface area contributed by atoms with Gasteiger partial charge in [-0.25, -0.2) is 0 Å². The zero-order valence-corrected chi connectivity index (χ0v) is 13.7. The Morgan fingerprint density at radius 2 is 1.85 bits per heavy atom. The molecule has 112 valence electrons. The minimum Gasteiger partial charge on any atom is -0.349 e. The zero-order chi connectivity index (χ0) is 15.2. The quantitative estimate of drug-likeness (QED) is 0.627. The van der Waals surface area contributed by atoms with Crippen LogP contribution < -0.4 is 5.32 Å². The van der Waals surface area contributed by atoms with Crippen LogP contribution in [0.25, 0.3) is 0 Å². The van der Waals surface area contributed by atoms with Gasteiger partial charge in [-0.1, -0.05) is 79.0 Å². The number of carbonyl (C=O) groups excluding carboxylic acids is 1. The van der Waals surface area contributed by atoms with E-state index < -0.39 is 10.0 Å². The standard InChI is InChI=1S/C14H18Cl3NO2/c1-10(2)8-12(19)18-13(14(15,16)17)20-9-11-6-4-3-5-7-11/h3-7,10,13H,8-9H2,1-2H3,(H,18,19)/t13-/m1/s1. The number of nitrogens with one attached hydrogen (secondary N) is 1. The summed E-state index contributed by atoms with van der Waals surface area (Å²) in [5, 5.41) is 2.60. The number of alkyl halides is 3. The highest BCUT2D eigenvalue weighted by atomic mass is 35.6. The molecule has 1 aromatic carbocycles. The summed E-state index contributed by atoms with van der Waals surface area (Å²) in [4.78, 5) is 11.8. The lowest BCUT2D eigenvalue weighted by atomic mass is 10.1. The Morgan fingerprint density at radius 3 is 2.35 bits per heavy atom. The molecule has 0 unspecified atom stereocenters. The largest absolute Gasteiger partial charge is 0.349 e. The van der Waals surface area contributed by atoms with E-state index in [9.17, 15) is 4.79 Å². The third-order valence-electron chi connectivity index (χ3n) is 2.44. The van der Waals surface area contributed by atoms with Gasteiger partial charge in [0, 0.05) is 6.42 Å². The molecule has 0 saturated carbocycles. The van der Waals surface area contributed by atoms with Gasteiger partial charge in [-0.15, -0.1) is 0 Å². The smallest absolute Gasteiger partial charge is 0.234 e. The molecule has 0 aromatic heterocycles. The van der Waals surface area contributed by atoms with Crippen LogP contribution in [0.3, 0.4) is 0 Å². The fraction of sp³-hybridized carbons (Fsp3) is 0.500. The van der Waals surface area contributed by atoms with E-state index in [1.54, 1.807) is 0 Å². The van der Waals surface area contributed by atoms with Gasteiger partial charge in [0.25, 0.3) is 0 Å². The summed E-state index contributed by atoms with van der Waals surface area (Å²) in [5.41, 5.74) is 0.935. The van der Waals surface area contributed by atoms with Crippen molar-refractivity contribution in [3.8, 4) is 0 Å². The van der Waals surface area contributed by atoms with Crippen LogP contribution in [0.2, 0.25) is 0 Å². The molecule has 0 aliphatic heterocycles. The van der Waals surface area contributed by atoms with Crippen molar-refractivity contribution in [3.63, 3.8) is 0 Å². The Labute approximate surface area is 134 Å². The van der Waals surface area contributed by atoms with Crippen molar-refractivity contribution in [3.05, 3.63) is 35.9 Å². The first-order valence-corrected chi connectivity index (χ1v) is 7.44. The Kier molecular flexibility index (Phi) is 7.10. The van der Waals surface area contributed by atoms with E-state index in [-0.39, 0.29) is 18.4 Å². The predicted molar refractivity (Wildman–Crippen MR) is 82.9 cm³/mol. The van der Waals surface area contributed by atoms with Crippen molar-refractivity contribution in [1.82, 2.24) is 5.32 Å². The number of amides is 1. The van der Waals surface area contributed by atoms with E-state index in [1.807, 2.05) is 44.2 Å². The number of hydrogen-bond donors (Lipinski definition) is 1. The van der Waals surface area contributed by atoms with Crippen LogP contribution in [-0.2, 0) is 16.1 Å². The summed E-state index contributed by atoms with van der Waals surface area (Å²) in [6, 6.07) is 9.47. The fourth-order valence-electron chi connectivity index (χ4n) is 1.55. The Morgan fingerprint density at radius 1 is 1.25 bits per heavy atom. The summed E-state index contributed by atoms with van der Waals surface area (Å²) in [5.74, 6) is 0.0181. The van der Waals surface area contributed by atoms with Crippen LogP contribution in [0.15, 0.2) is 30.3 Å². The molecule has 1 atom stereocenters. The molecule has 20 heavy (non-hydrogen) atoms. The lowest BCUT2D eigenvalue weighted by molar-refractivity contribution is -0.126. The van der Waals surface area contributed by atoms with Gasteiger partial charge in [0.15, 0.2) is 6.23 Å². The van der Waals surface area contributed by atoms with E-state index in [4.69, 9.17) is 39.5 Å². The van der Waals surface area contributed by atoms with Crippen molar-refractivity contribution in [2.45, 2.75) is 36.9 Å². The minimum atomic E-state index is -1.72.